The first kappa shape index (κ1) is 17.8. The molecule has 2 aliphatic rings. The molecule has 2 atom stereocenters. The first-order chi connectivity index (χ1) is 12.2. The molecule has 2 unspecified atom stereocenters. The number of carbonyl (C=O) groups excluding carboxylic acids is 1. The van der Waals surface area contributed by atoms with Crippen molar-refractivity contribution < 1.29 is 4.79 Å². The molecule has 0 aromatic heterocycles. The number of likely N-dealkylation sites (tertiary alicyclic amines) is 1. The minimum atomic E-state index is -0.0162. The van der Waals surface area contributed by atoms with E-state index in [0.717, 1.165) is 43.0 Å². The smallest absolute Gasteiger partial charge is 0.251 e. The monoisotopic (exact) mass is 342 g/mol. The van der Waals surface area contributed by atoms with Crippen LogP contribution >= 0.6 is 0 Å². The summed E-state index contributed by atoms with van der Waals surface area (Å²) in [7, 11) is 1.86. The Labute approximate surface area is 150 Å². The second-order valence-corrected chi connectivity index (χ2v) is 7.17. The van der Waals surface area contributed by atoms with Crippen molar-refractivity contribution in [3.8, 4) is 0 Å². The molecule has 0 spiro atoms. The predicted molar refractivity (Wildman–Crippen MR) is 102 cm³/mol. The average Bonchev–Trinajstić information content (AvgIpc) is 3.07. The lowest BCUT2D eigenvalue weighted by atomic mass is 9.82. The van der Waals surface area contributed by atoms with E-state index in [1.165, 1.54) is 25.7 Å². The van der Waals surface area contributed by atoms with E-state index < -0.39 is 0 Å². The molecule has 1 amide bonds. The zero-order valence-corrected chi connectivity index (χ0v) is 15.4. The maximum atomic E-state index is 11.8. The Morgan fingerprint density at radius 1 is 1.12 bits per heavy atom. The molecule has 3 rings (SSSR count). The molecule has 0 bridgehead atoms. The molecule has 5 nitrogen and oxygen atoms in total. The van der Waals surface area contributed by atoms with Gasteiger partial charge in [-0.15, -0.1) is 0 Å². The largest absolute Gasteiger partial charge is 0.352 e. The number of rotatable bonds is 4. The Balaban J connectivity index is 1.54. The number of nitrogens with zero attached hydrogens (tertiary/aromatic N) is 2. The number of benzene rings is 1. The van der Waals surface area contributed by atoms with Crippen LogP contribution in [0.1, 0.15) is 48.5 Å². The van der Waals surface area contributed by atoms with Gasteiger partial charge in [0.05, 0.1) is 0 Å². The number of aliphatic imine (C=N–C) groups is 1. The minimum Gasteiger partial charge on any atom is -0.352 e. The van der Waals surface area contributed by atoms with Crippen LogP contribution < -0.4 is 10.6 Å². The lowest BCUT2D eigenvalue weighted by Gasteiger charge is -2.22. The fraction of sp³-hybridized carbons (Fsp3) is 0.600. The quantitative estimate of drug-likeness (QED) is 0.653. The molecule has 1 aromatic carbocycles. The van der Waals surface area contributed by atoms with Crippen molar-refractivity contribution in [2.45, 2.75) is 39.2 Å². The summed E-state index contributed by atoms with van der Waals surface area (Å²) in [4.78, 5) is 18.7. The third-order valence-electron chi connectivity index (χ3n) is 5.49. The molecule has 1 aliphatic heterocycles. The van der Waals surface area contributed by atoms with E-state index in [1.807, 2.05) is 38.2 Å². The summed E-state index contributed by atoms with van der Waals surface area (Å²) in [5.41, 5.74) is 1.87. The molecule has 2 N–H and O–H groups in total. The normalized spacial score (nSPS) is 23.3. The summed E-state index contributed by atoms with van der Waals surface area (Å²) in [6.45, 7) is 5.59. The highest BCUT2D eigenvalue weighted by molar-refractivity contribution is 5.94. The van der Waals surface area contributed by atoms with Gasteiger partial charge in [0.25, 0.3) is 5.91 Å². The number of hydrogen-bond acceptors (Lipinski definition) is 2. The summed E-state index contributed by atoms with van der Waals surface area (Å²) >= 11 is 0. The summed E-state index contributed by atoms with van der Waals surface area (Å²) in [5, 5.41) is 6.31. The Hall–Kier alpha value is -2.04. The van der Waals surface area contributed by atoms with Crippen LogP contribution in [0.4, 0.5) is 0 Å². The van der Waals surface area contributed by atoms with Crippen molar-refractivity contribution in [1.29, 1.82) is 0 Å². The van der Waals surface area contributed by atoms with Gasteiger partial charge >= 0.3 is 0 Å². The van der Waals surface area contributed by atoms with Crippen LogP contribution in [0.3, 0.4) is 0 Å². The molecule has 25 heavy (non-hydrogen) atoms. The van der Waals surface area contributed by atoms with Gasteiger partial charge in [-0.1, -0.05) is 25.0 Å². The fourth-order valence-electron chi connectivity index (χ4n) is 4.13. The highest BCUT2D eigenvalue weighted by Gasteiger charge is 2.35. The predicted octanol–water partition coefficient (Wildman–Crippen LogP) is 2.63. The number of nitrogens with one attached hydrogen (secondary N) is 2. The van der Waals surface area contributed by atoms with Crippen molar-refractivity contribution in [3.05, 3.63) is 35.4 Å². The van der Waals surface area contributed by atoms with Gasteiger partial charge in [-0.3, -0.25) is 9.79 Å². The van der Waals surface area contributed by atoms with E-state index in [0.29, 0.717) is 12.1 Å². The SMILES string of the molecule is CCNC(=O)c1ccc(CNC(=NC)N2CC3CCCCC3C2)cc1. The number of hydrogen-bond donors (Lipinski definition) is 2. The molecule has 136 valence electrons. The van der Waals surface area contributed by atoms with Crippen LogP contribution in [0.25, 0.3) is 0 Å². The first-order valence-corrected chi connectivity index (χ1v) is 9.54. The molecule has 1 saturated carbocycles. The number of carbonyl (C=O) groups is 1. The second-order valence-electron chi connectivity index (χ2n) is 7.17. The summed E-state index contributed by atoms with van der Waals surface area (Å²) in [6.07, 6.45) is 5.52. The Bertz CT molecular complexity index is 597. The van der Waals surface area contributed by atoms with Crippen molar-refractivity contribution in [1.82, 2.24) is 15.5 Å². The van der Waals surface area contributed by atoms with Gasteiger partial charge in [-0.2, -0.15) is 0 Å². The van der Waals surface area contributed by atoms with Crippen molar-refractivity contribution in [2.24, 2.45) is 16.8 Å². The Morgan fingerprint density at radius 2 is 1.76 bits per heavy atom. The van der Waals surface area contributed by atoms with Crippen molar-refractivity contribution in [2.75, 3.05) is 26.7 Å². The van der Waals surface area contributed by atoms with Crippen molar-refractivity contribution >= 4 is 11.9 Å². The molecule has 0 radical (unpaired) electrons. The van der Waals surface area contributed by atoms with Crippen molar-refractivity contribution in [3.63, 3.8) is 0 Å². The maximum Gasteiger partial charge on any atom is 0.251 e. The van der Waals surface area contributed by atoms with E-state index in [-0.39, 0.29) is 5.91 Å². The van der Waals surface area contributed by atoms with Crippen LogP contribution in [0.15, 0.2) is 29.3 Å². The van der Waals surface area contributed by atoms with Gasteiger partial charge in [-0.25, -0.2) is 0 Å². The number of fused-ring (bicyclic) bond motifs is 1. The van der Waals surface area contributed by atoms with Crippen LogP contribution in [0, 0.1) is 11.8 Å². The lowest BCUT2D eigenvalue weighted by Crippen LogP contribution is -2.39. The van der Waals surface area contributed by atoms with E-state index in [1.54, 1.807) is 0 Å². The van der Waals surface area contributed by atoms with Gasteiger partial charge in [0.2, 0.25) is 0 Å². The average molecular weight is 342 g/mol. The van der Waals surface area contributed by atoms with E-state index in [9.17, 15) is 4.79 Å². The van der Waals surface area contributed by atoms with Gasteiger partial charge < -0.3 is 15.5 Å². The Kier molecular flexibility index (Phi) is 5.95. The van der Waals surface area contributed by atoms with E-state index in [4.69, 9.17) is 0 Å². The van der Waals surface area contributed by atoms with Crippen LogP contribution in [0.2, 0.25) is 0 Å². The molecule has 2 fully saturated rings. The number of guanidine groups is 1. The van der Waals surface area contributed by atoms with Gasteiger partial charge in [-0.05, 0) is 49.3 Å². The highest BCUT2D eigenvalue weighted by atomic mass is 16.1. The third-order valence-corrected chi connectivity index (χ3v) is 5.49. The van der Waals surface area contributed by atoms with E-state index >= 15 is 0 Å². The molecule has 1 heterocycles. The molecular formula is C20H30N4O. The van der Waals surface area contributed by atoms with Crippen LogP contribution in [-0.2, 0) is 6.54 Å². The molecule has 1 aromatic rings. The zero-order chi connectivity index (χ0) is 17.6. The zero-order valence-electron chi connectivity index (χ0n) is 15.4. The second kappa shape index (κ2) is 8.37. The standard InChI is InChI=1S/C20H30N4O/c1-3-22-19(25)16-10-8-15(9-11-16)12-23-20(21-2)24-13-17-6-4-5-7-18(17)14-24/h8-11,17-18H,3-7,12-14H2,1-2H3,(H,21,23)(H,22,25). The topological polar surface area (TPSA) is 56.7 Å². The van der Waals surface area contributed by atoms with Gasteiger partial charge in [0, 0.05) is 38.8 Å². The molecule has 1 saturated heterocycles. The molecule has 5 heteroatoms. The minimum absolute atomic E-state index is 0.0162. The van der Waals surface area contributed by atoms with Gasteiger partial charge in [0.15, 0.2) is 5.96 Å². The van der Waals surface area contributed by atoms with Gasteiger partial charge in [0.1, 0.15) is 0 Å². The fourth-order valence-corrected chi connectivity index (χ4v) is 4.13. The summed E-state index contributed by atoms with van der Waals surface area (Å²) in [6, 6.07) is 7.79. The van der Waals surface area contributed by atoms with Crippen LogP contribution in [-0.4, -0.2) is 43.4 Å². The summed E-state index contributed by atoms with van der Waals surface area (Å²) in [5.74, 6) is 2.69. The lowest BCUT2D eigenvalue weighted by molar-refractivity contribution is 0.0956. The third kappa shape index (κ3) is 4.33. The molecule has 1 aliphatic carbocycles. The van der Waals surface area contributed by atoms with E-state index in [2.05, 4.69) is 20.5 Å². The Morgan fingerprint density at radius 3 is 2.32 bits per heavy atom. The van der Waals surface area contributed by atoms with Crippen LogP contribution in [0.5, 0.6) is 0 Å². The first-order valence-electron chi connectivity index (χ1n) is 9.54. The molecular weight excluding hydrogens is 312 g/mol. The maximum absolute atomic E-state index is 11.8. The highest BCUT2D eigenvalue weighted by Crippen LogP contribution is 2.35. The summed E-state index contributed by atoms with van der Waals surface area (Å²) < 4.78 is 0. The number of amides is 1.